The van der Waals surface area contributed by atoms with Gasteiger partial charge in [0.05, 0.1) is 12.9 Å². The minimum Gasteiger partial charge on any atom is -0.386 e. The first-order chi connectivity index (χ1) is 18.3. The standard InChI is InChI=1S/C23H31N5O9P2/c1-3-8-17-26-21(24-11-15-9-6-5-7-10-15)18-22(27-17)28(13-25-18)23(31)20(30)19(29)16(4-2)12-37-39(35,36)14-38(32,33)34/h3-7,9-10,13,19-20,23,29-31H,1,8,11-12,14H2,2H3,(H,35,36)(H,24,26,27)(H2,32,33,34)/b16-4-/t19-,20-,23-/m1/s1. The van der Waals surface area contributed by atoms with Gasteiger partial charge in [-0.3, -0.25) is 13.7 Å². The van der Waals surface area contributed by atoms with Crippen LogP contribution < -0.4 is 5.32 Å². The second-order valence-corrected chi connectivity index (χ2v) is 12.6. The van der Waals surface area contributed by atoms with Gasteiger partial charge in [-0.1, -0.05) is 42.5 Å². The molecule has 39 heavy (non-hydrogen) atoms. The summed E-state index contributed by atoms with van der Waals surface area (Å²) in [5, 5.41) is 35.6. The number of allylic oxidation sites excluding steroid dienone is 2. The van der Waals surface area contributed by atoms with Gasteiger partial charge in [0.2, 0.25) is 0 Å². The molecule has 212 valence electrons. The van der Waals surface area contributed by atoms with Gasteiger partial charge in [-0.25, -0.2) is 15.0 Å². The van der Waals surface area contributed by atoms with E-state index in [4.69, 9.17) is 14.3 Å². The molecule has 2 aromatic heterocycles. The van der Waals surface area contributed by atoms with Crippen LogP contribution in [-0.2, 0) is 26.6 Å². The molecular weight excluding hydrogens is 552 g/mol. The molecule has 0 saturated carbocycles. The van der Waals surface area contributed by atoms with E-state index in [0.717, 1.165) is 10.1 Å². The predicted octanol–water partition coefficient (Wildman–Crippen LogP) is 1.66. The number of nitrogens with one attached hydrogen (secondary N) is 1. The monoisotopic (exact) mass is 583 g/mol. The second-order valence-electron chi connectivity index (χ2n) is 8.57. The van der Waals surface area contributed by atoms with Crippen molar-refractivity contribution in [2.75, 3.05) is 17.8 Å². The number of aliphatic hydroxyl groups excluding tert-OH is 3. The summed E-state index contributed by atoms with van der Waals surface area (Å²) in [5.41, 5.74) is 1.34. The number of aliphatic hydroxyl groups is 3. The first kappa shape index (κ1) is 30.8. The lowest BCUT2D eigenvalue weighted by Crippen LogP contribution is -2.37. The Morgan fingerprint density at radius 3 is 2.46 bits per heavy atom. The van der Waals surface area contributed by atoms with Crippen molar-refractivity contribution in [3.05, 3.63) is 72.4 Å². The molecule has 0 radical (unpaired) electrons. The highest BCUT2D eigenvalue weighted by Crippen LogP contribution is 2.55. The van der Waals surface area contributed by atoms with Crippen LogP contribution >= 0.6 is 15.2 Å². The number of hydrogen-bond donors (Lipinski definition) is 7. The Balaban J connectivity index is 1.83. The summed E-state index contributed by atoms with van der Waals surface area (Å²) in [4.78, 5) is 40.7. The summed E-state index contributed by atoms with van der Waals surface area (Å²) < 4.78 is 28.9. The summed E-state index contributed by atoms with van der Waals surface area (Å²) in [5.74, 6) is -0.663. The Bertz CT molecular complexity index is 1410. The summed E-state index contributed by atoms with van der Waals surface area (Å²) in [7, 11) is -9.56. The minimum atomic E-state index is -4.85. The van der Waals surface area contributed by atoms with Crippen LogP contribution in [0.2, 0.25) is 0 Å². The zero-order valence-electron chi connectivity index (χ0n) is 21.0. The highest BCUT2D eigenvalue weighted by Gasteiger charge is 2.34. The third kappa shape index (κ3) is 8.36. The fourth-order valence-corrected chi connectivity index (χ4v) is 6.16. The molecule has 1 unspecified atom stereocenters. The van der Waals surface area contributed by atoms with E-state index in [0.29, 0.717) is 30.1 Å². The summed E-state index contributed by atoms with van der Waals surface area (Å²) in [6.45, 7) is 4.83. The molecule has 4 atom stereocenters. The van der Waals surface area contributed by atoms with Crippen molar-refractivity contribution in [1.29, 1.82) is 0 Å². The molecule has 0 spiro atoms. The van der Waals surface area contributed by atoms with Crippen LogP contribution in [0.5, 0.6) is 0 Å². The number of imidazole rings is 1. The van der Waals surface area contributed by atoms with Crippen molar-refractivity contribution in [2.45, 2.75) is 38.3 Å². The van der Waals surface area contributed by atoms with Gasteiger partial charge in [0, 0.05) is 13.0 Å². The largest absolute Gasteiger partial charge is 0.386 e. The lowest BCUT2D eigenvalue weighted by atomic mass is 10.0. The zero-order chi connectivity index (χ0) is 28.8. The smallest absolute Gasteiger partial charge is 0.340 e. The number of nitrogens with zero attached hydrogens (tertiary/aromatic N) is 4. The van der Waals surface area contributed by atoms with Gasteiger partial charge in [0.25, 0.3) is 0 Å². The van der Waals surface area contributed by atoms with Crippen LogP contribution in [-0.4, -0.2) is 74.2 Å². The molecule has 2 heterocycles. The van der Waals surface area contributed by atoms with Gasteiger partial charge in [-0.05, 0) is 18.1 Å². The molecule has 14 nitrogen and oxygen atoms in total. The Hall–Kier alpha value is -2.77. The van der Waals surface area contributed by atoms with Gasteiger partial charge < -0.3 is 39.8 Å². The Morgan fingerprint density at radius 2 is 1.85 bits per heavy atom. The molecule has 3 rings (SSSR count). The molecule has 0 fully saturated rings. The SMILES string of the molecule is C=CCc1nc(NCc2ccccc2)c2ncn([C@H](O)[C@H](O)[C@H](O)/C(=C\C)COP(=O)(O)CP(=O)(O)O)c2n1. The number of aromatic nitrogens is 4. The lowest BCUT2D eigenvalue weighted by molar-refractivity contribution is -0.0795. The van der Waals surface area contributed by atoms with E-state index < -0.39 is 46.1 Å². The number of anilines is 1. The predicted molar refractivity (Wildman–Crippen MR) is 143 cm³/mol. The fraction of sp³-hybridized carbons (Fsp3) is 0.348. The van der Waals surface area contributed by atoms with Gasteiger partial charge in [-0.2, -0.15) is 0 Å². The quantitative estimate of drug-likeness (QED) is 0.106. The molecule has 16 heteroatoms. The van der Waals surface area contributed by atoms with Crippen molar-refractivity contribution in [1.82, 2.24) is 19.5 Å². The van der Waals surface area contributed by atoms with Crippen LogP contribution in [0.1, 0.15) is 24.5 Å². The van der Waals surface area contributed by atoms with Gasteiger partial charge in [0.1, 0.15) is 18.0 Å². The molecule has 0 bridgehead atoms. The fourth-order valence-electron chi connectivity index (χ4n) is 3.62. The zero-order valence-corrected chi connectivity index (χ0v) is 22.8. The van der Waals surface area contributed by atoms with E-state index in [2.05, 4.69) is 26.8 Å². The molecule has 3 aromatic rings. The van der Waals surface area contributed by atoms with Crippen LogP contribution in [0.15, 0.2) is 61.0 Å². The third-order valence-electron chi connectivity index (χ3n) is 5.56. The van der Waals surface area contributed by atoms with Crippen LogP contribution in [0.25, 0.3) is 11.2 Å². The van der Waals surface area contributed by atoms with E-state index in [1.807, 2.05) is 30.3 Å². The van der Waals surface area contributed by atoms with Gasteiger partial charge >= 0.3 is 15.2 Å². The van der Waals surface area contributed by atoms with E-state index >= 15 is 0 Å². The summed E-state index contributed by atoms with van der Waals surface area (Å²) in [6, 6.07) is 9.55. The molecular formula is C23H31N5O9P2. The van der Waals surface area contributed by atoms with Gasteiger partial charge in [0.15, 0.2) is 29.1 Å². The Kier molecular flexibility index (Phi) is 10.3. The van der Waals surface area contributed by atoms with Crippen LogP contribution in [0, 0.1) is 0 Å². The Labute approximate surface area is 224 Å². The second kappa shape index (κ2) is 13.1. The van der Waals surface area contributed by atoms with Crippen molar-refractivity contribution in [2.24, 2.45) is 0 Å². The normalized spacial score (nSPS) is 16.4. The Morgan fingerprint density at radius 1 is 1.15 bits per heavy atom. The van der Waals surface area contributed by atoms with E-state index in [1.54, 1.807) is 6.08 Å². The topological polar surface area (TPSA) is 220 Å². The lowest BCUT2D eigenvalue weighted by Gasteiger charge is -2.26. The van der Waals surface area contributed by atoms with E-state index in [-0.39, 0.29) is 11.2 Å². The van der Waals surface area contributed by atoms with E-state index in [1.165, 1.54) is 19.3 Å². The minimum absolute atomic E-state index is 0.113. The molecule has 0 aliphatic heterocycles. The van der Waals surface area contributed by atoms with Crippen molar-refractivity contribution >= 4 is 32.2 Å². The van der Waals surface area contributed by atoms with Crippen LogP contribution in [0.4, 0.5) is 5.82 Å². The summed E-state index contributed by atoms with van der Waals surface area (Å²) in [6.07, 6.45) is -1.04. The van der Waals surface area contributed by atoms with Crippen molar-refractivity contribution in [3.8, 4) is 0 Å². The number of benzene rings is 1. The highest BCUT2D eigenvalue weighted by molar-refractivity contribution is 7.70. The number of hydrogen-bond acceptors (Lipinski definition) is 10. The molecule has 0 amide bonds. The summed E-state index contributed by atoms with van der Waals surface area (Å²) >= 11 is 0. The average Bonchev–Trinajstić information content (AvgIpc) is 3.30. The maximum Gasteiger partial charge on any atom is 0.340 e. The average molecular weight is 583 g/mol. The maximum absolute atomic E-state index is 12.0. The molecule has 1 aromatic carbocycles. The maximum atomic E-state index is 12.0. The first-order valence-corrected chi connectivity index (χ1v) is 15.2. The molecule has 0 aliphatic rings. The van der Waals surface area contributed by atoms with Crippen molar-refractivity contribution in [3.63, 3.8) is 0 Å². The molecule has 7 N–H and O–H groups in total. The van der Waals surface area contributed by atoms with Gasteiger partial charge in [-0.15, -0.1) is 6.58 Å². The van der Waals surface area contributed by atoms with Crippen molar-refractivity contribution < 1.29 is 43.7 Å². The first-order valence-electron chi connectivity index (χ1n) is 11.7. The number of fused-ring (bicyclic) bond motifs is 1. The van der Waals surface area contributed by atoms with E-state index in [9.17, 15) is 29.3 Å². The molecule has 0 saturated heterocycles. The number of rotatable bonds is 14. The molecule has 0 aliphatic carbocycles. The highest BCUT2D eigenvalue weighted by atomic mass is 31.2. The third-order valence-corrected chi connectivity index (χ3v) is 8.99. The van der Waals surface area contributed by atoms with Crippen LogP contribution in [0.3, 0.4) is 0 Å².